The van der Waals surface area contributed by atoms with Gasteiger partial charge in [-0.05, 0) is 96.3 Å². The molecule has 0 unspecified atom stereocenters. The molecule has 5 N–H and O–H groups in total. The van der Waals surface area contributed by atoms with E-state index in [2.05, 4.69) is 36.1 Å². The van der Waals surface area contributed by atoms with Crippen LogP contribution in [0.1, 0.15) is 116 Å². The van der Waals surface area contributed by atoms with Crippen molar-refractivity contribution < 1.29 is 91.4 Å². The van der Waals surface area contributed by atoms with Crippen molar-refractivity contribution >= 4 is 28.3 Å². The van der Waals surface area contributed by atoms with Crippen LogP contribution >= 0.6 is 0 Å². The zero-order valence-electron chi connectivity index (χ0n) is 31.4. The van der Waals surface area contributed by atoms with Gasteiger partial charge in [-0.15, -0.1) is 6.58 Å². The molecule has 0 aliphatic heterocycles. The zero-order chi connectivity index (χ0) is 39.1. The molecule has 0 heterocycles. The van der Waals surface area contributed by atoms with Crippen molar-refractivity contribution in [1.29, 1.82) is 0 Å². The number of allylic oxidation sites excluding steroid dienone is 6. The second-order valence-electron chi connectivity index (χ2n) is 10.7. The van der Waals surface area contributed by atoms with Crippen molar-refractivity contribution in [3.63, 3.8) is 0 Å². The summed E-state index contributed by atoms with van der Waals surface area (Å²) in [5, 5.41) is 31.4. The smallest absolute Gasteiger partial charge is 0.857 e. The number of hydrogen-bond acceptors (Lipinski definition) is 10. The summed E-state index contributed by atoms with van der Waals surface area (Å²) in [6.45, 7) is 7.14. The van der Waals surface area contributed by atoms with Gasteiger partial charge in [-0.3, -0.25) is 23.5 Å². The van der Waals surface area contributed by atoms with Crippen molar-refractivity contribution in [2.75, 3.05) is 34.5 Å². The number of carboxylic acid groups (broad SMARTS) is 1. The van der Waals surface area contributed by atoms with Gasteiger partial charge in [0.25, 0.3) is 0 Å². The molecule has 0 aromatic rings. The zero-order valence-corrected chi connectivity index (χ0v) is 34.2. The Morgan fingerprint density at radius 3 is 1.33 bits per heavy atom. The van der Waals surface area contributed by atoms with Gasteiger partial charge in [-0.1, -0.05) is 53.7 Å². The SMILES string of the molecule is C=CCO.C=CCOC(=O)CCC1=CCCCC1.CO.COC(=O)CCC1=CCCCC1.C[O-].O=C(O)CCC1=CCCCC1.O=S(=O)(O)O.[Na+]. The number of aliphatic carboxylic acids is 1. The largest absolute Gasteiger partial charge is 1.00 e. The van der Waals surface area contributed by atoms with E-state index in [-0.39, 0.29) is 48.1 Å². The average Bonchev–Trinajstić information content (AvgIpc) is 3.14. The Kier molecular flexibility index (Phi) is 50.2. The molecule has 0 atom stereocenters. The summed E-state index contributed by atoms with van der Waals surface area (Å²) in [7, 11) is -1.47. The molecule has 3 rings (SSSR count). The molecule has 0 saturated heterocycles. The van der Waals surface area contributed by atoms with Gasteiger partial charge in [-0.25, -0.2) is 0 Å². The van der Waals surface area contributed by atoms with Crippen molar-refractivity contribution in [1.82, 2.24) is 0 Å². The molecule has 15 heteroatoms. The molecule has 0 fully saturated rings. The summed E-state index contributed by atoms with van der Waals surface area (Å²) < 4.78 is 41.1. The number of carbonyl (C=O) groups is 3. The number of methoxy groups -OCH3 is 1. The molecule has 0 spiro atoms. The molecule has 0 radical (unpaired) electrons. The van der Waals surface area contributed by atoms with Crippen LogP contribution in [0.4, 0.5) is 0 Å². The number of aliphatic hydroxyl groups excluding tert-OH is 2. The monoisotopic (exact) mass is 758 g/mol. The summed E-state index contributed by atoms with van der Waals surface area (Å²) >= 11 is 0. The van der Waals surface area contributed by atoms with Gasteiger partial charge >= 0.3 is 57.9 Å². The van der Waals surface area contributed by atoms with E-state index in [9.17, 15) is 14.4 Å². The summed E-state index contributed by atoms with van der Waals surface area (Å²) in [6, 6.07) is 0. The predicted molar refractivity (Wildman–Crippen MR) is 194 cm³/mol. The Bertz CT molecular complexity index is 1080. The minimum Gasteiger partial charge on any atom is -0.857 e. The third-order valence-corrected chi connectivity index (χ3v) is 6.83. The molecule has 0 aromatic heterocycles. The summed E-state index contributed by atoms with van der Waals surface area (Å²) in [5.74, 6) is -0.894. The molecule has 0 aromatic carbocycles. The first-order chi connectivity index (χ1) is 23.9. The third-order valence-electron chi connectivity index (χ3n) is 6.83. The Morgan fingerprint density at radius 1 is 0.745 bits per heavy atom. The maximum atomic E-state index is 11.1. The van der Waals surface area contributed by atoms with Gasteiger partial charge in [0.2, 0.25) is 0 Å². The van der Waals surface area contributed by atoms with Gasteiger partial charge in [0.1, 0.15) is 6.61 Å². The second kappa shape index (κ2) is 44.0. The standard InChI is InChI=1S/C12H18O2.C10H16O2.C9H14O2.C3H6O.CH4O.CH3O.Na.H2O4S/c1-2-10-14-12(13)9-8-11-6-4-3-5-7-11;1-12-10(11)8-7-9-5-3-2-4-6-9;10-9(11)7-6-8-4-2-1-3-5-8;1-2-3-4;2*1-2;;1-5(2,3)4/h2,6H,1,3-5,7-10H2;5H,2-4,6-8H2,1H3;4H,1-3,5-7H2,(H,10,11);2,4H,1,3H2;2H,1H3;1H3;;(H2,1,2,3,4)/q;;;;;-1;+1;. The van der Waals surface area contributed by atoms with Gasteiger partial charge in [0.05, 0.1) is 13.7 Å². The fourth-order valence-electron chi connectivity index (χ4n) is 4.51. The van der Waals surface area contributed by atoms with Crippen molar-refractivity contribution in [3.05, 3.63) is 60.3 Å². The van der Waals surface area contributed by atoms with E-state index in [1.807, 2.05) is 0 Å². The van der Waals surface area contributed by atoms with Crippen LogP contribution in [0.25, 0.3) is 0 Å². The minimum atomic E-state index is -4.67. The van der Waals surface area contributed by atoms with Gasteiger partial charge in [0, 0.05) is 26.4 Å². The molecular formula is C36H63NaO13S. The molecule has 0 saturated carbocycles. The van der Waals surface area contributed by atoms with Gasteiger partial charge < -0.3 is 29.9 Å². The molecule has 0 amide bonds. The molecule has 13 nitrogen and oxygen atoms in total. The number of rotatable bonds is 12. The first-order valence-electron chi connectivity index (χ1n) is 16.7. The quantitative estimate of drug-likeness (QED) is 0.0836. The average molecular weight is 759 g/mol. The second-order valence-corrected chi connectivity index (χ2v) is 11.6. The van der Waals surface area contributed by atoms with E-state index in [0.717, 1.165) is 52.7 Å². The van der Waals surface area contributed by atoms with Crippen LogP contribution in [0.3, 0.4) is 0 Å². The Hall–Kier alpha value is -2.14. The number of aliphatic hydroxyl groups is 2. The normalized spacial score (nSPS) is 14.0. The summed E-state index contributed by atoms with van der Waals surface area (Å²) in [4.78, 5) is 32.2. The number of hydrogen-bond donors (Lipinski definition) is 5. The van der Waals surface area contributed by atoms with Crippen LogP contribution in [0.2, 0.25) is 0 Å². The fraction of sp³-hybridized carbons (Fsp3) is 0.639. The minimum absolute atomic E-state index is 0. The van der Waals surface area contributed by atoms with Gasteiger partial charge in [0.15, 0.2) is 0 Å². The first-order valence-corrected chi connectivity index (χ1v) is 18.1. The fourth-order valence-corrected chi connectivity index (χ4v) is 4.51. The van der Waals surface area contributed by atoms with E-state index in [4.69, 9.17) is 42.7 Å². The molecule has 292 valence electrons. The number of esters is 2. The first kappa shape index (κ1) is 58.2. The number of carboxylic acids is 1. The predicted octanol–water partition coefficient (Wildman–Crippen LogP) is 2.89. The topological polar surface area (TPSA) is 228 Å². The number of ether oxygens (including phenoxy) is 2. The Labute approximate surface area is 328 Å². The van der Waals surface area contributed by atoms with Gasteiger partial charge in [-0.2, -0.15) is 15.5 Å². The van der Waals surface area contributed by atoms with Crippen molar-refractivity contribution in [2.45, 2.75) is 116 Å². The third kappa shape index (κ3) is 52.3. The van der Waals surface area contributed by atoms with Crippen LogP contribution in [0.5, 0.6) is 0 Å². The maximum Gasteiger partial charge on any atom is 1.00 e. The van der Waals surface area contributed by atoms with Crippen LogP contribution < -0.4 is 34.7 Å². The van der Waals surface area contributed by atoms with Crippen LogP contribution in [-0.2, 0) is 34.3 Å². The molecule has 51 heavy (non-hydrogen) atoms. The Morgan fingerprint density at radius 2 is 1.08 bits per heavy atom. The van der Waals surface area contributed by atoms with E-state index < -0.39 is 16.4 Å². The van der Waals surface area contributed by atoms with Crippen molar-refractivity contribution in [3.8, 4) is 0 Å². The van der Waals surface area contributed by atoms with Crippen LogP contribution in [0.15, 0.2) is 60.3 Å². The molecule has 3 aliphatic rings. The van der Waals surface area contributed by atoms with Crippen molar-refractivity contribution in [2.24, 2.45) is 0 Å². The summed E-state index contributed by atoms with van der Waals surface area (Å²) in [5.41, 5.74) is 4.21. The molecule has 3 aliphatic carbocycles. The number of carbonyl (C=O) groups excluding carboxylic acids is 2. The van der Waals surface area contributed by atoms with E-state index in [1.54, 1.807) is 6.08 Å². The maximum absolute atomic E-state index is 11.1. The van der Waals surface area contributed by atoms with Crippen LogP contribution in [0, 0.1) is 0 Å². The van der Waals surface area contributed by atoms with Crippen LogP contribution in [-0.4, -0.2) is 85.3 Å². The van der Waals surface area contributed by atoms with E-state index >= 15 is 0 Å². The van der Waals surface area contributed by atoms with E-state index in [1.165, 1.54) is 87.7 Å². The molecule has 0 bridgehead atoms. The Balaban J connectivity index is -0.000000177. The van der Waals surface area contributed by atoms with E-state index in [0.29, 0.717) is 25.9 Å². The summed E-state index contributed by atoms with van der Waals surface area (Å²) in [6.07, 6.45) is 28.3. The molecular weight excluding hydrogens is 695 g/mol.